The number of rotatable bonds is 5. The van der Waals surface area contributed by atoms with Crippen molar-refractivity contribution in [3.8, 4) is 0 Å². The third-order valence-corrected chi connectivity index (χ3v) is 4.13. The maximum Gasteiger partial charge on any atom is 0.221 e. The molecule has 2 aliphatic rings. The number of ether oxygens (including phenoxy) is 3. The first-order valence-corrected chi connectivity index (χ1v) is 7.01. The van der Waals surface area contributed by atoms with E-state index < -0.39 is 74.6 Å². The largest absolute Gasteiger partial charge is 0.391 e. The molecule has 2 aliphatic heterocycles. The quantitative estimate of drug-likeness (QED) is 0.238. The first-order chi connectivity index (χ1) is 10.7. The molecule has 2 saturated heterocycles. The molecule has 11 heteroatoms. The van der Waals surface area contributed by atoms with Gasteiger partial charge in [-0.25, -0.2) is 0 Å². The summed E-state index contributed by atoms with van der Waals surface area (Å²) in [6.45, 7) is -2.83. The van der Waals surface area contributed by atoms with Gasteiger partial charge in [-0.15, -0.1) is 0 Å². The Balaban J connectivity index is 2.04. The molecule has 0 saturated carbocycles. The van der Waals surface area contributed by atoms with Crippen molar-refractivity contribution < 1.29 is 55.1 Å². The zero-order valence-electron chi connectivity index (χ0n) is 12.1. The Labute approximate surface area is 130 Å². The SMILES string of the molecule is OCC1(O)O[C@H](COC2(CO)OC[C@@H](O)[C@@H](O)[C@H]2O)[C@@H](O)[C@H]1O. The lowest BCUT2D eigenvalue weighted by molar-refractivity contribution is -0.356. The van der Waals surface area contributed by atoms with Crippen LogP contribution in [0.4, 0.5) is 0 Å². The molecule has 0 spiro atoms. The lowest BCUT2D eigenvalue weighted by Gasteiger charge is -2.44. The lowest BCUT2D eigenvalue weighted by Crippen LogP contribution is -2.64. The second-order valence-electron chi connectivity index (χ2n) is 5.69. The van der Waals surface area contributed by atoms with Crippen molar-refractivity contribution in [1.29, 1.82) is 0 Å². The van der Waals surface area contributed by atoms with Crippen LogP contribution in [0.3, 0.4) is 0 Å². The number of aliphatic hydroxyl groups is 8. The molecule has 0 bridgehead atoms. The average molecular weight is 342 g/mol. The molecule has 2 fully saturated rings. The van der Waals surface area contributed by atoms with Crippen LogP contribution in [-0.4, -0.2) is 115 Å². The zero-order chi connectivity index (χ0) is 17.4. The highest BCUT2D eigenvalue weighted by Gasteiger charge is 2.55. The molecule has 2 rings (SSSR count). The number of hydrogen-bond acceptors (Lipinski definition) is 11. The Kier molecular flexibility index (Phi) is 5.60. The molecule has 0 radical (unpaired) electrons. The van der Waals surface area contributed by atoms with Crippen molar-refractivity contribution in [2.75, 3.05) is 26.4 Å². The Bertz CT molecular complexity index is 408. The van der Waals surface area contributed by atoms with Crippen molar-refractivity contribution in [3.63, 3.8) is 0 Å². The molecular formula is C12H22O11. The normalized spacial score (nSPS) is 51.1. The van der Waals surface area contributed by atoms with E-state index in [9.17, 15) is 35.7 Å². The smallest absolute Gasteiger partial charge is 0.221 e. The van der Waals surface area contributed by atoms with E-state index in [2.05, 4.69) is 0 Å². The van der Waals surface area contributed by atoms with E-state index in [1.54, 1.807) is 0 Å². The van der Waals surface area contributed by atoms with Crippen molar-refractivity contribution in [3.05, 3.63) is 0 Å². The van der Waals surface area contributed by atoms with Crippen LogP contribution in [0.15, 0.2) is 0 Å². The standard InChI is InChI=1S/C12H22O11/c13-3-11(20)9(18)8(17)6(23-11)2-22-12(4-14)10(19)7(16)5(15)1-21-12/h5-10,13-20H,1-4H2/t5-,6-,7-,8-,9-,10-,11?,12?/m1/s1. The molecular weight excluding hydrogens is 320 g/mol. The van der Waals surface area contributed by atoms with Crippen molar-refractivity contribution in [1.82, 2.24) is 0 Å². The summed E-state index contributed by atoms with van der Waals surface area (Å²) >= 11 is 0. The molecule has 0 aliphatic carbocycles. The van der Waals surface area contributed by atoms with Gasteiger partial charge in [0.1, 0.15) is 43.2 Å². The minimum absolute atomic E-state index is 0.421. The van der Waals surface area contributed by atoms with Gasteiger partial charge >= 0.3 is 0 Å². The van der Waals surface area contributed by atoms with Crippen molar-refractivity contribution in [2.45, 2.75) is 48.2 Å². The topological polar surface area (TPSA) is 190 Å². The van der Waals surface area contributed by atoms with Gasteiger partial charge in [-0.1, -0.05) is 0 Å². The van der Waals surface area contributed by atoms with E-state index in [1.165, 1.54) is 0 Å². The van der Waals surface area contributed by atoms with Gasteiger partial charge in [0, 0.05) is 0 Å². The maximum absolute atomic E-state index is 9.94. The molecule has 2 unspecified atom stereocenters. The molecule has 0 aromatic heterocycles. The van der Waals surface area contributed by atoms with Crippen LogP contribution in [0.25, 0.3) is 0 Å². The first kappa shape index (κ1) is 18.9. The third-order valence-electron chi connectivity index (χ3n) is 4.13. The predicted octanol–water partition coefficient (Wildman–Crippen LogP) is -5.39. The van der Waals surface area contributed by atoms with Gasteiger partial charge in [-0.2, -0.15) is 0 Å². The van der Waals surface area contributed by atoms with E-state index >= 15 is 0 Å². The first-order valence-electron chi connectivity index (χ1n) is 7.01. The molecule has 0 aromatic rings. The van der Waals surface area contributed by atoms with Crippen LogP contribution in [0.5, 0.6) is 0 Å². The summed E-state index contributed by atoms with van der Waals surface area (Å²) in [6, 6.07) is 0. The van der Waals surface area contributed by atoms with E-state index in [-0.39, 0.29) is 0 Å². The van der Waals surface area contributed by atoms with Gasteiger partial charge in [0.05, 0.1) is 19.8 Å². The van der Waals surface area contributed by atoms with E-state index in [0.29, 0.717) is 0 Å². The Hall–Kier alpha value is -0.440. The number of aliphatic hydroxyl groups excluding tert-OH is 7. The maximum atomic E-state index is 9.94. The fourth-order valence-electron chi connectivity index (χ4n) is 2.55. The Morgan fingerprint density at radius 3 is 2.13 bits per heavy atom. The summed E-state index contributed by atoms with van der Waals surface area (Å²) in [5, 5.41) is 76.6. The van der Waals surface area contributed by atoms with Crippen molar-refractivity contribution >= 4 is 0 Å². The molecule has 2 heterocycles. The summed E-state index contributed by atoms with van der Waals surface area (Å²) in [5.41, 5.74) is 0. The van der Waals surface area contributed by atoms with E-state index in [4.69, 9.17) is 19.3 Å². The molecule has 0 amide bonds. The lowest BCUT2D eigenvalue weighted by atomic mass is 9.97. The fourth-order valence-corrected chi connectivity index (χ4v) is 2.55. The monoisotopic (exact) mass is 342 g/mol. The van der Waals surface area contributed by atoms with Crippen LogP contribution in [0.2, 0.25) is 0 Å². The molecule has 0 aromatic carbocycles. The summed E-state index contributed by atoms with van der Waals surface area (Å²) in [7, 11) is 0. The molecule has 8 atom stereocenters. The van der Waals surface area contributed by atoms with E-state index in [0.717, 1.165) is 0 Å². The molecule has 23 heavy (non-hydrogen) atoms. The van der Waals surface area contributed by atoms with Crippen LogP contribution < -0.4 is 0 Å². The van der Waals surface area contributed by atoms with Gasteiger partial charge in [0.2, 0.25) is 11.6 Å². The highest BCUT2D eigenvalue weighted by molar-refractivity contribution is 4.97. The van der Waals surface area contributed by atoms with Crippen LogP contribution in [0.1, 0.15) is 0 Å². The average Bonchev–Trinajstić information content (AvgIpc) is 2.77. The summed E-state index contributed by atoms with van der Waals surface area (Å²) in [5.74, 6) is -4.45. The molecule has 8 N–H and O–H groups in total. The van der Waals surface area contributed by atoms with Gasteiger partial charge in [-0.05, 0) is 0 Å². The Morgan fingerprint density at radius 1 is 0.957 bits per heavy atom. The Morgan fingerprint density at radius 2 is 1.61 bits per heavy atom. The highest BCUT2D eigenvalue weighted by Crippen LogP contribution is 2.32. The minimum Gasteiger partial charge on any atom is -0.391 e. The minimum atomic E-state index is -2.37. The highest BCUT2D eigenvalue weighted by atomic mass is 16.7. The third kappa shape index (κ3) is 3.23. The van der Waals surface area contributed by atoms with Gasteiger partial charge in [-0.3, -0.25) is 0 Å². The van der Waals surface area contributed by atoms with Gasteiger partial charge < -0.3 is 55.1 Å². The van der Waals surface area contributed by atoms with Crippen LogP contribution in [0, 0.1) is 0 Å². The summed E-state index contributed by atoms with van der Waals surface area (Å²) < 4.78 is 15.2. The predicted molar refractivity (Wildman–Crippen MR) is 68.7 cm³/mol. The van der Waals surface area contributed by atoms with Crippen LogP contribution in [-0.2, 0) is 14.2 Å². The second kappa shape index (κ2) is 6.82. The van der Waals surface area contributed by atoms with Gasteiger partial charge in [0.15, 0.2) is 0 Å². The molecule has 136 valence electrons. The van der Waals surface area contributed by atoms with Crippen molar-refractivity contribution in [2.24, 2.45) is 0 Å². The zero-order valence-corrected chi connectivity index (χ0v) is 12.1. The second-order valence-corrected chi connectivity index (χ2v) is 5.69. The van der Waals surface area contributed by atoms with Crippen LogP contribution >= 0.6 is 0 Å². The van der Waals surface area contributed by atoms with E-state index in [1.807, 2.05) is 0 Å². The molecule has 11 nitrogen and oxygen atoms in total. The fraction of sp³-hybridized carbons (Fsp3) is 1.00. The number of hydrogen-bond donors (Lipinski definition) is 8. The summed E-state index contributed by atoms with van der Waals surface area (Å²) in [6.07, 6.45) is -9.51. The van der Waals surface area contributed by atoms with Gasteiger partial charge in [0.25, 0.3) is 0 Å². The summed E-state index contributed by atoms with van der Waals surface area (Å²) in [4.78, 5) is 0.